The summed E-state index contributed by atoms with van der Waals surface area (Å²) in [5.74, 6) is 2.53. The fourth-order valence-corrected chi connectivity index (χ4v) is 5.49. The van der Waals surface area contributed by atoms with Crippen molar-refractivity contribution >= 4 is 41.3 Å². The first-order valence-electron chi connectivity index (χ1n) is 13.8. The van der Waals surface area contributed by atoms with E-state index < -0.39 is 5.54 Å². The van der Waals surface area contributed by atoms with Crippen molar-refractivity contribution in [1.29, 1.82) is 0 Å². The van der Waals surface area contributed by atoms with Gasteiger partial charge in [0.1, 0.15) is 5.54 Å². The average molecular weight is 547 g/mol. The van der Waals surface area contributed by atoms with Gasteiger partial charge in [-0.1, -0.05) is 0 Å². The highest BCUT2D eigenvalue weighted by molar-refractivity contribution is 5.99. The number of aromatic amines is 1. The maximum atomic E-state index is 13.5. The first-order chi connectivity index (χ1) is 19.4. The third-order valence-electron chi connectivity index (χ3n) is 7.75. The van der Waals surface area contributed by atoms with Gasteiger partial charge >= 0.3 is 0 Å². The van der Waals surface area contributed by atoms with E-state index in [2.05, 4.69) is 41.0 Å². The van der Waals surface area contributed by atoms with Crippen molar-refractivity contribution < 1.29 is 9.59 Å². The third kappa shape index (κ3) is 5.51. The first kappa shape index (κ1) is 25.9. The van der Waals surface area contributed by atoms with E-state index in [1.165, 1.54) is 19.3 Å². The van der Waals surface area contributed by atoms with Gasteiger partial charge in [-0.05, 0) is 45.4 Å². The average Bonchev–Trinajstić information content (AvgIpc) is 3.56. The Labute approximate surface area is 231 Å². The molecule has 14 nitrogen and oxygen atoms in total. The molecule has 5 heterocycles. The predicted molar refractivity (Wildman–Crippen MR) is 148 cm³/mol. The molecule has 3 aromatic heterocycles. The SMILES string of the molecule is CC(=O)N[C@H]1CCCN(c2nc(Nc3cc(C4CC4)[nH]n3)nc(N3CCC[C@@]3(C)C(=O)Nc3cnccn3)n2)C1. The molecule has 210 valence electrons. The van der Waals surface area contributed by atoms with Gasteiger partial charge in [-0.3, -0.25) is 19.7 Å². The van der Waals surface area contributed by atoms with E-state index in [9.17, 15) is 9.59 Å². The van der Waals surface area contributed by atoms with Crippen LogP contribution in [0.3, 0.4) is 0 Å². The molecular formula is C26H34N12O2. The summed E-state index contributed by atoms with van der Waals surface area (Å²) in [5.41, 5.74) is 0.193. The fraction of sp³-hybridized carbons (Fsp3) is 0.538. The number of piperidine rings is 1. The van der Waals surface area contributed by atoms with Crippen LogP contribution in [0, 0.1) is 0 Å². The van der Waals surface area contributed by atoms with E-state index in [1.54, 1.807) is 6.20 Å². The van der Waals surface area contributed by atoms with Gasteiger partial charge in [0.2, 0.25) is 23.8 Å². The van der Waals surface area contributed by atoms with Crippen molar-refractivity contribution in [3.05, 3.63) is 30.4 Å². The lowest BCUT2D eigenvalue weighted by atomic mass is 9.98. The lowest BCUT2D eigenvalue weighted by Gasteiger charge is -2.36. The Balaban J connectivity index is 1.31. The molecule has 1 saturated carbocycles. The zero-order chi connectivity index (χ0) is 27.7. The lowest BCUT2D eigenvalue weighted by molar-refractivity contribution is -0.121. The topological polar surface area (TPSA) is 170 Å². The van der Waals surface area contributed by atoms with Crippen molar-refractivity contribution in [2.45, 2.75) is 69.9 Å². The third-order valence-corrected chi connectivity index (χ3v) is 7.75. The highest BCUT2D eigenvalue weighted by Gasteiger charge is 2.45. The normalized spacial score (nSPS) is 22.7. The molecule has 2 amide bonds. The molecule has 3 fully saturated rings. The van der Waals surface area contributed by atoms with Crippen molar-refractivity contribution in [3.63, 3.8) is 0 Å². The largest absolute Gasteiger partial charge is 0.352 e. The fourth-order valence-electron chi connectivity index (χ4n) is 5.49. The predicted octanol–water partition coefficient (Wildman–Crippen LogP) is 2.11. The Kier molecular flexibility index (Phi) is 6.90. The second kappa shape index (κ2) is 10.7. The van der Waals surface area contributed by atoms with Crippen molar-refractivity contribution in [3.8, 4) is 0 Å². The first-order valence-corrected chi connectivity index (χ1v) is 13.8. The molecule has 2 saturated heterocycles. The monoisotopic (exact) mass is 546 g/mol. The van der Waals surface area contributed by atoms with Gasteiger partial charge in [0.15, 0.2) is 11.6 Å². The Hall–Kier alpha value is -4.36. The summed E-state index contributed by atoms with van der Waals surface area (Å²) in [6.07, 6.45) is 10.1. The standard InChI is InChI=1S/C26H34N12O2/c1-16(39)29-18-5-3-11-37(15-18)24-32-23(31-20-13-19(35-36-20)17-6-7-17)33-25(34-24)38-12-4-8-26(38,2)22(40)30-21-14-27-9-10-28-21/h9-10,13-14,17-18H,3-8,11-12,15H2,1-2H3,(H,29,39)(H,28,30,40)(H2,31,32,33,34,35,36)/t18-,26-/m0/s1. The molecule has 6 rings (SSSR count). The van der Waals surface area contributed by atoms with Crippen LogP contribution >= 0.6 is 0 Å². The minimum absolute atomic E-state index is 0.00475. The second-order valence-electron chi connectivity index (χ2n) is 10.9. The minimum Gasteiger partial charge on any atom is -0.352 e. The number of H-pyrrole nitrogens is 1. The van der Waals surface area contributed by atoms with Crippen LogP contribution in [-0.2, 0) is 9.59 Å². The Morgan fingerprint density at radius 3 is 2.67 bits per heavy atom. The molecule has 14 heteroatoms. The van der Waals surface area contributed by atoms with Crippen molar-refractivity contribution in [1.82, 2.24) is 40.4 Å². The zero-order valence-electron chi connectivity index (χ0n) is 22.7. The highest BCUT2D eigenvalue weighted by atomic mass is 16.2. The van der Waals surface area contributed by atoms with Crippen LogP contribution in [0.5, 0.6) is 0 Å². The Morgan fingerprint density at radius 2 is 1.90 bits per heavy atom. The van der Waals surface area contributed by atoms with Gasteiger partial charge in [0, 0.05) is 62.7 Å². The van der Waals surface area contributed by atoms with Gasteiger partial charge in [0.05, 0.1) is 6.20 Å². The molecule has 3 aliphatic rings. The number of carbonyl (C=O) groups is 2. The van der Waals surface area contributed by atoms with Crippen LogP contribution in [0.25, 0.3) is 0 Å². The van der Waals surface area contributed by atoms with E-state index in [0.29, 0.717) is 54.9 Å². The zero-order valence-corrected chi connectivity index (χ0v) is 22.7. The quantitative estimate of drug-likeness (QED) is 0.326. The summed E-state index contributed by atoms with van der Waals surface area (Å²) < 4.78 is 0. The van der Waals surface area contributed by atoms with E-state index in [4.69, 9.17) is 15.0 Å². The number of hydrogen-bond acceptors (Lipinski definition) is 11. The molecule has 40 heavy (non-hydrogen) atoms. The van der Waals surface area contributed by atoms with E-state index in [1.807, 2.05) is 17.9 Å². The molecule has 0 radical (unpaired) electrons. The summed E-state index contributed by atoms with van der Waals surface area (Å²) in [4.78, 5) is 51.9. The van der Waals surface area contributed by atoms with Crippen LogP contribution in [0.2, 0.25) is 0 Å². The number of nitrogens with zero attached hydrogens (tertiary/aromatic N) is 8. The van der Waals surface area contributed by atoms with Crippen molar-refractivity contribution in [2.24, 2.45) is 0 Å². The van der Waals surface area contributed by atoms with E-state index in [0.717, 1.165) is 44.3 Å². The summed E-state index contributed by atoms with van der Waals surface area (Å²) >= 11 is 0. The number of carbonyl (C=O) groups excluding carboxylic acids is 2. The summed E-state index contributed by atoms with van der Waals surface area (Å²) in [6, 6.07) is 1.99. The van der Waals surface area contributed by atoms with Gasteiger partial charge in [-0.15, -0.1) is 0 Å². The molecule has 0 aromatic carbocycles. The van der Waals surface area contributed by atoms with E-state index >= 15 is 0 Å². The van der Waals surface area contributed by atoms with Crippen LogP contribution < -0.4 is 25.8 Å². The summed E-state index contributed by atoms with van der Waals surface area (Å²) in [5, 5.41) is 16.7. The number of anilines is 5. The number of hydrogen-bond donors (Lipinski definition) is 4. The summed E-state index contributed by atoms with van der Waals surface area (Å²) in [6.45, 7) is 5.36. The number of aromatic nitrogens is 7. The van der Waals surface area contributed by atoms with Gasteiger partial charge in [0.25, 0.3) is 5.91 Å². The van der Waals surface area contributed by atoms with Gasteiger partial charge in [-0.25, -0.2) is 4.98 Å². The molecule has 2 aliphatic heterocycles. The molecule has 0 unspecified atom stereocenters. The van der Waals surface area contributed by atoms with Crippen LogP contribution in [-0.4, -0.2) is 78.1 Å². The van der Waals surface area contributed by atoms with Gasteiger partial charge in [-0.2, -0.15) is 20.1 Å². The molecule has 3 aromatic rings. The molecule has 4 N–H and O–H groups in total. The van der Waals surface area contributed by atoms with Crippen molar-refractivity contribution in [2.75, 3.05) is 40.1 Å². The number of amides is 2. The van der Waals surface area contributed by atoms with Gasteiger partial charge < -0.3 is 25.8 Å². The molecule has 1 aliphatic carbocycles. The molecule has 0 bridgehead atoms. The molecule has 0 spiro atoms. The smallest absolute Gasteiger partial charge is 0.251 e. The second-order valence-corrected chi connectivity index (χ2v) is 10.9. The Bertz CT molecular complexity index is 1380. The summed E-state index contributed by atoms with van der Waals surface area (Å²) in [7, 11) is 0. The van der Waals surface area contributed by atoms with Crippen LogP contribution in [0.4, 0.5) is 29.5 Å². The van der Waals surface area contributed by atoms with E-state index in [-0.39, 0.29) is 17.9 Å². The minimum atomic E-state index is -0.903. The number of rotatable bonds is 8. The maximum absolute atomic E-state index is 13.5. The highest BCUT2D eigenvalue weighted by Crippen LogP contribution is 2.40. The lowest BCUT2D eigenvalue weighted by Crippen LogP contribution is -2.52. The van der Waals surface area contributed by atoms with Crippen LogP contribution in [0.15, 0.2) is 24.7 Å². The number of nitrogens with one attached hydrogen (secondary N) is 4. The molecule has 2 atom stereocenters. The molecular weight excluding hydrogens is 512 g/mol. The Morgan fingerprint density at radius 1 is 1.05 bits per heavy atom. The van der Waals surface area contributed by atoms with Crippen LogP contribution in [0.1, 0.15) is 64.0 Å². The maximum Gasteiger partial charge on any atom is 0.251 e.